The number of hydrogen-bond donors (Lipinski definition) is 1. The van der Waals surface area contributed by atoms with E-state index in [1.165, 1.54) is 47.4 Å². The molecule has 0 unspecified atom stereocenters. The monoisotopic (exact) mass is 223 g/mol. The van der Waals surface area contributed by atoms with E-state index in [0.29, 0.717) is 0 Å². The quantitative estimate of drug-likeness (QED) is 0.822. The molecule has 0 spiro atoms. The third kappa shape index (κ3) is 3.05. The molecule has 15 heavy (non-hydrogen) atoms. The topological polar surface area (TPSA) is 12.0 Å². The van der Waals surface area contributed by atoms with Crippen molar-refractivity contribution in [2.75, 3.05) is 0 Å². The normalized spacial score (nSPS) is 18.3. The molecule has 1 heterocycles. The fourth-order valence-corrected chi connectivity index (χ4v) is 3.37. The zero-order chi connectivity index (χ0) is 10.7. The van der Waals surface area contributed by atoms with Crippen molar-refractivity contribution in [3.05, 3.63) is 21.4 Å². The molecule has 0 amide bonds. The van der Waals surface area contributed by atoms with Crippen molar-refractivity contribution < 1.29 is 0 Å². The first kappa shape index (κ1) is 11.2. The van der Waals surface area contributed by atoms with Crippen molar-refractivity contribution in [1.82, 2.24) is 5.32 Å². The number of nitrogens with one attached hydrogen (secondary N) is 1. The molecule has 0 saturated heterocycles. The van der Waals surface area contributed by atoms with E-state index in [2.05, 4.69) is 25.2 Å². The molecular formula is C13H21NS. The lowest BCUT2D eigenvalue weighted by Gasteiger charge is -2.22. The Kier molecular flexibility index (Phi) is 3.81. The molecule has 1 aromatic rings. The second kappa shape index (κ2) is 5.13. The molecule has 1 nitrogen and oxygen atoms in total. The minimum atomic E-state index is 0.776. The van der Waals surface area contributed by atoms with E-state index in [-0.39, 0.29) is 0 Å². The van der Waals surface area contributed by atoms with Gasteiger partial charge < -0.3 is 5.32 Å². The zero-order valence-electron chi connectivity index (χ0n) is 9.81. The summed E-state index contributed by atoms with van der Waals surface area (Å²) in [5.41, 5.74) is 1.50. The van der Waals surface area contributed by atoms with Crippen LogP contribution in [0.1, 0.15) is 47.4 Å². The van der Waals surface area contributed by atoms with Gasteiger partial charge in [0.15, 0.2) is 0 Å². The lowest BCUT2D eigenvalue weighted by Crippen LogP contribution is -2.30. The highest BCUT2D eigenvalue weighted by Crippen LogP contribution is 2.22. The van der Waals surface area contributed by atoms with Crippen LogP contribution in [0, 0.1) is 13.8 Å². The molecule has 0 aromatic carbocycles. The van der Waals surface area contributed by atoms with E-state index < -0.39 is 0 Å². The van der Waals surface area contributed by atoms with Gasteiger partial charge in [-0.1, -0.05) is 19.3 Å². The Morgan fingerprint density at radius 3 is 2.60 bits per heavy atom. The van der Waals surface area contributed by atoms with E-state index in [9.17, 15) is 0 Å². The summed E-state index contributed by atoms with van der Waals surface area (Å²) in [4.78, 5) is 2.92. The van der Waals surface area contributed by atoms with Crippen LogP contribution in [0.2, 0.25) is 0 Å². The molecule has 2 rings (SSSR count). The fourth-order valence-electron chi connectivity index (χ4n) is 2.42. The minimum absolute atomic E-state index is 0.776. The molecule has 1 aliphatic rings. The van der Waals surface area contributed by atoms with Crippen molar-refractivity contribution >= 4 is 11.3 Å². The summed E-state index contributed by atoms with van der Waals surface area (Å²) >= 11 is 1.92. The van der Waals surface area contributed by atoms with Crippen LogP contribution >= 0.6 is 11.3 Å². The summed E-state index contributed by atoms with van der Waals surface area (Å²) in [5.74, 6) is 0. The van der Waals surface area contributed by atoms with Gasteiger partial charge in [0.05, 0.1) is 0 Å². The Labute approximate surface area is 96.9 Å². The Morgan fingerprint density at radius 2 is 2.00 bits per heavy atom. The molecule has 2 heteroatoms. The van der Waals surface area contributed by atoms with Gasteiger partial charge in [0, 0.05) is 22.3 Å². The molecule has 1 aromatic heterocycles. The molecule has 0 atom stereocenters. The van der Waals surface area contributed by atoms with Gasteiger partial charge in [0.25, 0.3) is 0 Å². The maximum absolute atomic E-state index is 3.70. The van der Waals surface area contributed by atoms with Crippen LogP contribution in [-0.4, -0.2) is 6.04 Å². The highest BCUT2D eigenvalue weighted by atomic mass is 32.1. The summed E-state index contributed by atoms with van der Waals surface area (Å²) in [6.45, 7) is 5.50. The van der Waals surface area contributed by atoms with Crippen molar-refractivity contribution in [1.29, 1.82) is 0 Å². The Hall–Kier alpha value is -0.340. The van der Waals surface area contributed by atoms with Crippen LogP contribution in [0.5, 0.6) is 0 Å². The van der Waals surface area contributed by atoms with Gasteiger partial charge in [-0.15, -0.1) is 11.3 Å². The SMILES string of the molecule is Cc1cc(CNC2CCCCC2)c(C)s1. The Balaban J connectivity index is 1.84. The largest absolute Gasteiger partial charge is 0.310 e. The van der Waals surface area contributed by atoms with Crippen LogP contribution in [0.3, 0.4) is 0 Å². The third-order valence-corrected chi connectivity index (χ3v) is 4.34. The van der Waals surface area contributed by atoms with Crippen molar-refractivity contribution in [3.63, 3.8) is 0 Å². The van der Waals surface area contributed by atoms with E-state index >= 15 is 0 Å². The average Bonchev–Trinajstić information content (AvgIpc) is 2.56. The Morgan fingerprint density at radius 1 is 1.27 bits per heavy atom. The van der Waals surface area contributed by atoms with Gasteiger partial charge in [-0.05, 0) is 38.3 Å². The van der Waals surface area contributed by atoms with Crippen molar-refractivity contribution in [2.24, 2.45) is 0 Å². The fraction of sp³-hybridized carbons (Fsp3) is 0.692. The average molecular weight is 223 g/mol. The first-order valence-electron chi connectivity index (χ1n) is 6.05. The van der Waals surface area contributed by atoms with Gasteiger partial charge in [0.2, 0.25) is 0 Å². The first-order valence-corrected chi connectivity index (χ1v) is 6.86. The highest BCUT2D eigenvalue weighted by Gasteiger charge is 2.13. The molecule has 1 N–H and O–H groups in total. The summed E-state index contributed by atoms with van der Waals surface area (Å²) in [7, 11) is 0. The van der Waals surface area contributed by atoms with Crippen LogP contribution in [0.4, 0.5) is 0 Å². The van der Waals surface area contributed by atoms with E-state index in [1.807, 2.05) is 11.3 Å². The summed E-state index contributed by atoms with van der Waals surface area (Å²) in [6, 6.07) is 3.11. The van der Waals surface area contributed by atoms with Crippen LogP contribution in [0.25, 0.3) is 0 Å². The molecule has 0 aliphatic heterocycles. The standard InChI is InChI=1S/C13H21NS/c1-10-8-12(11(2)15-10)9-14-13-6-4-3-5-7-13/h8,13-14H,3-7,9H2,1-2H3. The van der Waals surface area contributed by atoms with Gasteiger partial charge in [-0.3, -0.25) is 0 Å². The van der Waals surface area contributed by atoms with Crippen molar-refractivity contribution in [2.45, 2.75) is 58.5 Å². The molecule has 0 bridgehead atoms. The zero-order valence-corrected chi connectivity index (χ0v) is 10.6. The van der Waals surface area contributed by atoms with Gasteiger partial charge >= 0.3 is 0 Å². The lowest BCUT2D eigenvalue weighted by atomic mass is 9.95. The Bertz CT molecular complexity index is 310. The first-order chi connectivity index (χ1) is 7.25. The van der Waals surface area contributed by atoms with E-state index in [4.69, 9.17) is 0 Å². The van der Waals surface area contributed by atoms with E-state index in [0.717, 1.165) is 12.6 Å². The smallest absolute Gasteiger partial charge is 0.0219 e. The van der Waals surface area contributed by atoms with Crippen LogP contribution < -0.4 is 5.32 Å². The maximum atomic E-state index is 3.70. The predicted molar refractivity (Wildman–Crippen MR) is 67.5 cm³/mol. The van der Waals surface area contributed by atoms with Crippen LogP contribution in [0.15, 0.2) is 6.07 Å². The number of aryl methyl sites for hydroxylation is 2. The summed E-state index contributed by atoms with van der Waals surface area (Å²) in [6.07, 6.45) is 7.03. The molecule has 84 valence electrons. The van der Waals surface area contributed by atoms with Gasteiger partial charge in [-0.2, -0.15) is 0 Å². The lowest BCUT2D eigenvalue weighted by molar-refractivity contribution is 0.372. The molecule has 1 aliphatic carbocycles. The van der Waals surface area contributed by atoms with Crippen molar-refractivity contribution in [3.8, 4) is 0 Å². The van der Waals surface area contributed by atoms with Crippen LogP contribution in [-0.2, 0) is 6.54 Å². The van der Waals surface area contributed by atoms with Gasteiger partial charge in [0.1, 0.15) is 0 Å². The summed E-state index contributed by atoms with van der Waals surface area (Å²) < 4.78 is 0. The van der Waals surface area contributed by atoms with E-state index in [1.54, 1.807) is 0 Å². The maximum Gasteiger partial charge on any atom is 0.0219 e. The molecular weight excluding hydrogens is 202 g/mol. The predicted octanol–water partition coefficient (Wildman–Crippen LogP) is 3.79. The number of rotatable bonds is 3. The molecule has 1 saturated carbocycles. The molecule has 1 fully saturated rings. The minimum Gasteiger partial charge on any atom is -0.310 e. The second-order valence-electron chi connectivity index (χ2n) is 4.65. The summed E-state index contributed by atoms with van der Waals surface area (Å²) in [5, 5.41) is 3.70. The van der Waals surface area contributed by atoms with Gasteiger partial charge in [-0.25, -0.2) is 0 Å². The number of thiophene rings is 1. The molecule has 0 radical (unpaired) electrons. The third-order valence-electron chi connectivity index (χ3n) is 3.33. The highest BCUT2D eigenvalue weighted by molar-refractivity contribution is 7.12. The second-order valence-corrected chi connectivity index (χ2v) is 6.11. The number of hydrogen-bond acceptors (Lipinski definition) is 2.